The Bertz CT molecular complexity index is 1060. The highest BCUT2D eigenvalue weighted by Gasteiger charge is 2.30. The summed E-state index contributed by atoms with van der Waals surface area (Å²) in [4.78, 5) is 27.2. The van der Waals surface area contributed by atoms with Gasteiger partial charge in [0.05, 0.1) is 11.9 Å². The Labute approximate surface area is 196 Å². The maximum atomic E-state index is 13.7. The van der Waals surface area contributed by atoms with E-state index in [1.807, 2.05) is 25.1 Å². The molecule has 0 aromatic heterocycles. The van der Waals surface area contributed by atoms with Crippen molar-refractivity contribution in [2.24, 2.45) is 0 Å². The van der Waals surface area contributed by atoms with E-state index in [0.29, 0.717) is 6.54 Å². The molecule has 7 nitrogen and oxygen atoms in total. The lowest BCUT2D eigenvalue weighted by atomic mass is 10.1. The molecule has 0 saturated carbocycles. The highest BCUT2D eigenvalue weighted by atomic mass is 79.9. The number of halogens is 2. The van der Waals surface area contributed by atoms with Crippen molar-refractivity contribution in [1.29, 1.82) is 0 Å². The lowest BCUT2D eigenvalue weighted by Crippen LogP contribution is -2.51. The number of hydrogen-bond acceptors (Lipinski definition) is 4. The standard InChI is InChI=1S/C22H27BrFN3O4S/c1-4-11-25-22(29)16(2)26(14-17-7-5-8-18(23)12-17)21(28)15-27(32(3,30)31)20-10-6-9-19(24)13-20/h5-10,12-13,16H,4,11,14-15H2,1-3H3,(H,25,29)/t16-/m0/s1. The third-order valence-corrected chi connectivity index (χ3v) is 6.37. The van der Waals surface area contributed by atoms with Gasteiger partial charge in [-0.05, 0) is 49.2 Å². The van der Waals surface area contributed by atoms with Gasteiger partial charge >= 0.3 is 0 Å². The minimum atomic E-state index is -3.89. The van der Waals surface area contributed by atoms with E-state index >= 15 is 0 Å². The third-order valence-electron chi connectivity index (χ3n) is 4.73. The first kappa shape index (κ1) is 25.8. The van der Waals surface area contributed by atoms with E-state index in [1.54, 1.807) is 13.0 Å². The van der Waals surface area contributed by atoms with Crippen LogP contribution in [0.15, 0.2) is 53.0 Å². The SMILES string of the molecule is CCCNC(=O)[C@H](C)N(Cc1cccc(Br)c1)C(=O)CN(c1cccc(F)c1)S(C)(=O)=O. The summed E-state index contributed by atoms with van der Waals surface area (Å²) >= 11 is 3.39. The molecule has 0 bridgehead atoms. The Kier molecular flexibility index (Phi) is 9.21. The van der Waals surface area contributed by atoms with Crippen LogP contribution in [-0.4, -0.2) is 50.5 Å². The van der Waals surface area contributed by atoms with Crippen molar-refractivity contribution in [3.05, 3.63) is 64.4 Å². The van der Waals surface area contributed by atoms with Gasteiger partial charge < -0.3 is 10.2 Å². The number of rotatable bonds is 10. The highest BCUT2D eigenvalue weighted by Crippen LogP contribution is 2.20. The number of anilines is 1. The normalized spacial score (nSPS) is 12.2. The number of hydrogen-bond donors (Lipinski definition) is 1. The van der Waals surface area contributed by atoms with Crippen LogP contribution in [-0.2, 0) is 26.2 Å². The molecule has 0 fully saturated rings. The number of benzene rings is 2. The molecule has 174 valence electrons. The first-order chi connectivity index (χ1) is 15.0. The van der Waals surface area contributed by atoms with Crippen LogP contribution in [0, 0.1) is 5.82 Å². The Morgan fingerprint density at radius 1 is 1.16 bits per heavy atom. The molecule has 0 spiro atoms. The first-order valence-corrected chi connectivity index (χ1v) is 12.7. The fourth-order valence-corrected chi connectivity index (χ4v) is 4.34. The number of nitrogens with one attached hydrogen (secondary N) is 1. The van der Waals surface area contributed by atoms with Crippen molar-refractivity contribution in [1.82, 2.24) is 10.2 Å². The number of amides is 2. The zero-order valence-electron chi connectivity index (χ0n) is 18.2. The van der Waals surface area contributed by atoms with Gasteiger partial charge in [0.1, 0.15) is 18.4 Å². The van der Waals surface area contributed by atoms with E-state index in [2.05, 4.69) is 21.2 Å². The average Bonchev–Trinajstić information content (AvgIpc) is 2.72. The van der Waals surface area contributed by atoms with Crippen molar-refractivity contribution < 1.29 is 22.4 Å². The largest absolute Gasteiger partial charge is 0.354 e. The molecule has 0 aliphatic heterocycles. The molecule has 0 aliphatic carbocycles. The molecular weight excluding hydrogens is 501 g/mol. The lowest BCUT2D eigenvalue weighted by molar-refractivity contribution is -0.139. The summed E-state index contributed by atoms with van der Waals surface area (Å²) in [6.07, 6.45) is 1.68. The van der Waals surface area contributed by atoms with Crippen LogP contribution >= 0.6 is 15.9 Å². The van der Waals surface area contributed by atoms with Gasteiger partial charge in [-0.2, -0.15) is 0 Å². The van der Waals surface area contributed by atoms with E-state index in [1.165, 1.54) is 23.1 Å². The van der Waals surface area contributed by atoms with Crippen LogP contribution in [0.1, 0.15) is 25.8 Å². The van der Waals surface area contributed by atoms with Gasteiger partial charge in [-0.15, -0.1) is 0 Å². The van der Waals surface area contributed by atoms with Gasteiger partial charge in [-0.1, -0.05) is 41.1 Å². The molecule has 1 atom stereocenters. The predicted molar refractivity (Wildman–Crippen MR) is 126 cm³/mol. The molecule has 0 aliphatic rings. The topological polar surface area (TPSA) is 86.8 Å². The Hall–Kier alpha value is -2.46. The summed E-state index contributed by atoms with van der Waals surface area (Å²) in [5.41, 5.74) is 0.797. The number of carbonyl (C=O) groups is 2. The fourth-order valence-electron chi connectivity index (χ4n) is 3.06. The minimum absolute atomic E-state index is 0.0337. The van der Waals surface area contributed by atoms with Gasteiger partial charge in [0, 0.05) is 17.6 Å². The quantitative estimate of drug-likeness (QED) is 0.513. The number of sulfonamides is 1. The van der Waals surface area contributed by atoms with Crippen molar-refractivity contribution in [3.8, 4) is 0 Å². The molecule has 1 N–H and O–H groups in total. The van der Waals surface area contributed by atoms with E-state index < -0.39 is 34.3 Å². The van der Waals surface area contributed by atoms with Gasteiger partial charge in [-0.25, -0.2) is 12.8 Å². The molecule has 32 heavy (non-hydrogen) atoms. The summed E-state index contributed by atoms with van der Waals surface area (Å²) < 4.78 is 40.2. The van der Waals surface area contributed by atoms with Crippen molar-refractivity contribution in [2.75, 3.05) is 23.7 Å². The molecule has 2 aromatic carbocycles. The maximum absolute atomic E-state index is 13.7. The van der Waals surface area contributed by atoms with Crippen LogP contribution < -0.4 is 9.62 Å². The van der Waals surface area contributed by atoms with E-state index in [4.69, 9.17) is 0 Å². The second-order valence-electron chi connectivity index (χ2n) is 7.37. The number of nitrogens with zero attached hydrogens (tertiary/aromatic N) is 2. The maximum Gasteiger partial charge on any atom is 0.244 e. The summed E-state index contributed by atoms with van der Waals surface area (Å²) in [7, 11) is -3.89. The molecule has 0 radical (unpaired) electrons. The van der Waals surface area contributed by atoms with Gasteiger partial charge in [0.15, 0.2) is 0 Å². The highest BCUT2D eigenvalue weighted by molar-refractivity contribution is 9.10. The summed E-state index contributed by atoms with van der Waals surface area (Å²) in [6, 6.07) is 11.4. The molecule has 0 saturated heterocycles. The Morgan fingerprint density at radius 3 is 2.44 bits per heavy atom. The summed E-state index contributed by atoms with van der Waals surface area (Å²) in [6.45, 7) is 3.49. The molecule has 2 rings (SSSR count). The smallest absolute Gasteiger partial charge is 0.244 e. The van der Waals surface area contributed by atoms with Gasteiger partial charge in [0.25, 0.3) is 0 Å². The molecule has 2 amide bonds. The first-order valence-electron chi connectivity index (χ1n) is 10.1. The summed E-state index contributed by atoms with van der Waals surface area (Å²) in [5.74, 6) is -1.55. The van der Waals surface area contributed by atoms with Gasteiger partial charge in [0.2, 0.25) is 21.8 Å². The van der Waals surface area contributed by atoms with Crippen molar-refractivity contribution in [2.45, 2.75) is 32.9 Å². The van der Waals surface area contributed by atoms with Gasteiger partial charge in [-0.3, -0.25) is 13.9 Å². The van der Waals surface area contributed by atoms with Crippen LogP contribution in [0.3, 0.4) is 0 Å². The predicted octanol–water partition coefficient (Wildman–Crippen LogP) is 3.30. The molecular formula is C22H27BrFN3O4S. The van der Waals surface area contributed by atoms with Crippen LogP contribution in [0.4, 0.5) is 10.1 Å². The zero-order valence-corrected chi connectivity index (χ0v) is 20.6. The van der Waals surface area contributed by atoms with Crippen molar-refractivity contribution >= 4 is 43.5 Å². The fraction of sp³-hybridized carbons (Fsp3) is 0.364. The lowest BCUT2D eigenvalue weighted by Gasteiger charge is -2.31. The van der Waals surface area contributed by atoms with Crippen LogP contribution in [0.5, 0.6) is 0 Å². The monoisotopic (exact) mass is 527 g/mol. The van der Waals surface area contributed by atoms with E-state index in [0.717, 1.165) is 33.1 Å². The zero-order chi connectivity index (χ0) is 23.9. The minimum Gasteiger partial charge on any atom is -0.354 e. The van der Waals surface area contributed by atoms with E-state index in [9.17, 15) is 22.4 Å². The molecule has 0 unspecified atom stereocenters. The molecule has 2 aromatic rings. The van der Waals surface area contributed by atoms with Crippen LogP contribution in [0.25, 0.3) is 0 Å². The van der Waals surface area contributed by atoms with E-state index in [-0.39, 0.29) is 18.1 Å². The van der Waals surface area contributed by atoms with Crippen LogP contribution in [0.2, 0.25) is 0 Å². The third kappa shape index (κ3) is 7.30. The Balaban J connectivity index is 2.37. The second-order valence-corrected chi connectivity index (χ2v) is 10.2. The number of carbonyl (C=O) groups excluding carboxylic acids is 2. The second kappa shape index (κ2) is 11.4. The molecule has 0 heterocycles. The Morgan fingerprint density at radius 2 is 1.84 bits per heavy atom. The average molecular weight is 528 g/mol. The van der Waals surface area contributed by atoms with Crippen molar-refractivity contribution in [3.63, 3.8) is 0 Å². The molecule has 10 heteroatoms. The summed E-state index contributed by atoms with van der Waals surface area (Å²) in [5, 5.41) is 2.76.